The van der Waals surface area contributed by atoms with Gasteiger partial charge in [-0.2, -0.15) is 0 Å². The molecule has 5 nitrogen and oxygen atoms in total. The summed E-state index contributed by atoms with van der Waals surface area (Å²) >= 11 is 0. The summed E-state index contributed by atoms with van der Waals surface area (Å²) in [7, 11) is -3.20. The van der Waals surface area contributed by atoms with Gasteiger partial charge in [-0.05, 0) is 6.08 Å². The van der Waals surface area contributed by atoms with Crippen LogP contribution in [0.4, 0.5) is 0 Å². The number of nitrogens with one attached hydrogen (secondary N) is 1. The van der Waals surface area contributed by atoms with E-state index in [0.717, 1.165) is 6.26 Å². The summed E-state index contributed by atoms with van der Waals surface area (Å²) in [5.74, 6) is -0.404. The van der Waals surface area contributed by atoms with Gasteiger partial charge in [0.1, 0.15) is 6.61 Å². The van der Waals surface area contributed by atoms with Crippen LogP contribution >= 0.6 is 0 Å². The molecule has 0 aliphatic carbocycles. The molecule has 0 saturated heterocycles. The number of carbonyl (C=O) groups is 1. The first-order valence-corrected chi connectivity index (χ1v) is 5.06. The van der Waals surface area contributed by atoms with Gasteiger partial charge in [0.25, 0.3) is 0 Å². The number of carbonyl (C=O) groups excluding carboxylic acids is 1. The number of hydrogen-bond acceptors (Lipinski definition) is 4. The fourth-order valence-corrected chi connectivity index (χ4v) is 0.729. The Labute approximate surface area is 71.5 Å². The minimum Gasteiger partial charge on any atom is -0.462 e. The van der Waals surface area contributed by atoms with E-state index in [0.29, 0.717) is 0 Å². The molecule has 0 aromatic carbocycles. The van der Waals surface area contributed by atoms with E-state index in [9.17, 15) is 13.2 Å². The van der Waals surface area contributed by atoms with Crippen molar-refractivity contribution < 1.29 is 17.9 Å². The molecule has 0 bridgehead atoms. The Morgan fingerprint density at radius 1 is 1.58 bits per heavy atom. The van der Waals surface area contributed by atoms with Crippen molar-refractivity contribution in [1.82, 2.24) is 4.72 Å². The van der Waals surface area contributed by atoms with Crippen molar-refractivity contribution in [2.75, 3.05) is 12.9 Å². The highest BCUT2D eigenvalue weighted by Gasteiger charge is 1.92. The average molecular weight is 193 g/mol. The molecule has 70 valence electrons. The van der Waals surface area contributed by atoms with Crippen LogP contribution in [0.15, 0.2) is 12.3 Å². The van der Waals surface area contributed by atoms with Crippen molar-refractivity contribution in [2.45, 2.75) is 6.92 Å². The van der Waals surface area contributed by atoms with Gasteiger partial charge < -0.3 is 4.74 Å². The fraction of sp³-hybridized carbons (Fsp3) is 0.500. The van der Waals surface area contributed by atoms with E-state index in [1.165, 1.54) is 19.2 Å². The van der Waals surface area contributed by atoms with E-state index in [1.807, 2.05) is 0 Å². The number of esters is 1. The Morgan fingerprint density at radius 3 is 2.58 bits per heavy atom. The number of ether oxygens (including phenoxy) is 1. The average Bonchev–Trinajstić information content (AvgIpc) is 1.83. The van der Waals surface area contributed by atoms with E-state index in [4.69, 9.17) is 0 Å². The summed E-state index contributed by atoms with van der Waals surface area (Å²) in [6.07, 6.45) is 3.63. The minimum absolute atomic E-state index is 0.0673. The van der Waals surface area contributed by atoms with Crippen LogP contribution in [-0.4, -0.2) is 27.2 Å². The number of sulfonamides is 1. The molecule has 0 saturated carbocycles. The Kier molecular flexibility index (Phi) is 4.35. The maximum atomic E-state index is 10.5. The van der Waals surface area contributed by atoms with Gasteiger partial charge in [0.05, 0.1) is 6.26 Å². The molecule has 0 radical (unpaired) electrons. The van der Waals surface area contributed by atoms with Gasteiger partial charge in [-0.1, -0.05) is 0 Å². The predicted molar refractivity (Wildman–Crippen MR) is 43.8 cm³/mol. The highest BCUT2D eigenvalue weighted by atomic mass is 32.2. The summed E-state index contributed by atoms with van der Waals surface area (Å²) < 4.78 is 27.5. The number of hydrogen-bond donors (Lipinski definition) is 1. The van der Waals surface area contributed by atoms with Gasteiger partial charge in [0, 0.05) is 13.1 Å². The normalized spacial score (nSPS) is 11.5. The molecule has 6 heteroatoms. The molecule has 12 heavy (non-hydrogen) atoms. The first-order valence-electron chi connectivity index (χ1n) is 3.17. The molecule has 0 spiro atoms. The standard InChI is InChI=1S/C6H11NO4S/c1-6(8)11-5-3-4-7-12(2,9)10/h3-4,7H,5H2,1-2H3. The molecule has 1 N–H and O–H groups in total. The van der Waals surface area contributed by atoms with E-state index < -0.39 is 16.0 Å². The van der Waals surface area contributed by atoms with Crippen molar-refractivity contribution in [3.63, 3.8) is 0 Å². The largest absolute Gasteiger partial charge is 0.462 e. The number of rotatable bonds is 4. The fourth-order valence-electron chi connectivity index (χ4n) is 0.385. The predicted octanol–water partition coefficient (Wildman–Crippen LogP) is -0.388. The zero-order valence-corrected chi connectivity index (χ0v) is 7.72. The molecular formula is C6H11NO4S. The SMILES string of the molecule is CC(=O)OCC=CNS(C)(=O)=O. The monoisotopic (exact) mass is 193 g/mol. The maximum absolute atomic E-state index is 10.5. The summed E-state index contributed by atoms with van der Waals surface area (Å²) in [6, 6.07) is 0. The van der Waals surface area contributed by atoms with Crippen molar-refractivity contribution in [1.29, 1.82) is 0 Å². The summed E-state index contributed by atoms with van der Waals surface area (Å²) in [5.41, 5.74) is 0. The highest BCUT2D eigenvalue weighted by molar-refractivity contribution is 7.88. The Hall–Kier alpha value is -1.04. The van der Waals surface area contributed by atoms with Crippen LogP contribution in [0.3, 0.4) is 0 Å². The summed E-state index contributed by atoms with van der Waals surface area (Å²) in [5, 5.41) is 0. The van der Waals surface area contributed by atoms with Crippen molar-refractivity contribution >= 4 is 16.0 Å². The van der Waals surface area contributed by atoms with Crippen LogP contribution < -0.4 is 4.72 Å². The van der Waals surface area contributed by atoms with Crippen LogP contribution in [0, 0.1) is 0 Å². The van der Waals surface area contributed by atoms with E-state index in [-0.39, 0.29) is 6.61 Å². The van der Waals surface area contributed by atoms with Gasteiger partial charge in [-0.15, -0.1) is 0 Å². The van der Waals surface area contributed by atoms with E-state index in [1.54, 1.807) is 0 Å². The smallest absolute Gasteiger partial charge is 0.302 e. The molecule has 0 aromatic rings. The lowest BCUT2D eigenvalue weighted by molar-refractivity contribution is -0.139. The van der Waals surface area contributed by atoms with Crippen LogP contribution in [0.2, 0.25) is 0 Å². The van der Waals surface area contributed by atoms with Gasteiger partial charge in [0.2, 0.25) is 10.0 Å². The van der Waals surface area contributed by atoms with Gasteiger partial charge in [-0.25, -0.2) is 8.42 Å². The molecule has 0 amide bonds. The van der Waals surface area contributed by atoms with Crippen molar-refractivity contribution in [3.05, 3.63) is 12.3 Å². The second kappa shape index (κ2) is 4.76. The van der Waals surface area contributed by atoms with Gasteiger partial charge in [0.15, 0.2) is 0 Å². The quantitative estimate of drug-likeness (QED) is 0.617. The molecule has 0 atom stereocenters. The summed E-state index contributed by atoms with van der Waals surface area (Å²) in [4.78, 5) is 10.2. The third kappa shape index (κ3) is 8.96. The van der Waals surface area contributed by atoms with Crippen molar-refractivity contribution in [3.8, 4) is 0 Å². The molecule has 0 aliphatic rings. The maximum Gasteiger partial charge on any atom is 0.302 e. The Balaban J connectivity index is 3.59. The highest BCUT2D eigenvalue weighted by Crippen LogP contribution is 1.79. The van der Waals surface area contributed by atoms with Crippen LogP contribution in [0.5, 0.6) is 0 Å². The zero-order valence-electron chi connectivity index (χ0n) is 6.90. The first-order chi connectivity index (χ1) is 5.42. The minimum atomic E-state index is -3.20. The molecule has 0 fully saturated rings. The third-order valence-electron chi connectivity index (χ3n) is 0.783. The van der Waals surface area contributed by atoms with E-state index >= 15 is 0 Å². The summed E-state index contributed by atoms with van der Waals surface area (Å²) in [6.45, 7) is 1.34. The first kappa shape index (κ1) is 11.0. The lowest BCUT2D eigenvalue weighted by Gasteiger charge is -1.96. The second-order valence-electron chi connectivity index (χ2n) is 2.09. The van der Waals surface area contributed by atoms with Gasteiger partial charge >= 0.3 is 5.97 Å². The Bertz CT molecular complexity index is 267. The molecule has 0 unspecified atom stereocenters. The molecular weight excluding hydrogens is 182 g/mol. The van der Waals surface area contributed by atoms with Crippen LogP contribution in [-0.2, 0) is 19.6 Å². The molecule has 0 aliphatic heterocycles. The van der Waals surface area contributed by atoms with Crippen LogP contribution in [0.25, 0.3) is 0 Å². The molecule has 0 rings (SSSR count). The zero-order chi connectivity index (χ0) is 9.61. The van der Waals surface area contributed by atoms with Gasteiger partial charge in [-0.3, -0.25) is 9.52 Å². The van der Waals surface area contributed by atoms with Crippen LogP contribution in [0.1, 0.15) is 6.92 Å². The molecule has 0 aromatic heterocycles. The van der Waals surface area contributed by atoms with E-state index in [2.05, 4.69) is 9.46 Å². The van der Waals surface area contributed by atoms with Crippen molar-refractivity contribution in [2.24, 2.45) is 0 Å². The third-order valence-corrected chi connectivity index (χ3v) is 1.35. The second-order valence-corrected chi connectivity index (χ2v) is 3.88. The topological polar surface area (TPSA) is 72.5 Å². The Morgan fingerprint density at radius 2 is 2.17 bits per heavy atom. The lowest BCUT2D eigenvalue weighted by atomic mass is 10.6. The molecule has 0 heterocycles. The lowest BCUT2D eigenvalue weighted by Crippen LogP contribution is -2.15.